The lowest BCUT2D eigenvalue weighted by atomic mass is 10.1. The average Bonchev–Trinajstić information content (AvgIpc) is 2.93. The lowest BCUT2D eigenvalue weighted by Crippen LogP contribution is -1.95. The minimum absolute atomic E-state index is 0.550. The third-order valence-corrected chi connectivity index (χ3v) is 3.15. The van der Waals surface area contributed by atoms with Crippen LogP contribution in [0, 0.1) is 0 Å². The molecule has 0 fully saturated rings. The fraction of sp³-hybridized carbons (Fsp3) is 0.188. The van der Waals surface area contributed by atoms with Gasteiger partial charge >= 0.3 is 0 Å². The van der Waals surface area contributed by atoms with E-state index in [0.717, 1.165) is 23.2 Å². The van der Waals surface area contributed by atoms with Crippen LogP contribution in [0.15, 0.2) is 54.9 Å². The average molecular weight is 252 g/mol. The van der Waals surface area contributed by atoms with Crippen LogP contribution < -0.4 is 4.74 Å². The fourth-order valence-electron chi connectivity index (χ4n) is 2.14. The van der Waals surface area contributed by atoms with Crippen molar-refractivity contribution in [1.29, 1.82) is 0 Å². The van der Waals surface area contributed by atoms with Crippen LogP contribution in [-0.4, -0.2) is 9.78 Å². The van der Waals surface area contributed by atoms with E-state index in [2.05, 4.69) is 30.2 Å². The first-order valence-corrected chi connectivity index (χ1v) is 6.48. The van der Waals surface area contributed by atoms with Crippen LogP contribution in [-0.2, 0) is 13.2 Å². The van der Waals surface area contributed by atoms with Crippen molar-refractivity contribution in [3.05, 3.63) is 60.4 Å². The largest absolute Gasteiger partial charge is 0.488 e. The van der Waals surface area contributed by atoms with Gasteiger partial charge in [-0.2, -0.15) is 5.10 Å². The molecule has 0 saturated carbocycles. The number of hydrogen-bond donors (Lipinski definition) is 0. The number of aryl methyl sites for hydroxylation is 1. The molecule has 0 bridgehead atoms. The zero-order chi connectivity index (χ0) is 13.1. The number of rotatable bonds is 4. The fourth-order valence-corrected chi connectivity index (χ4v) is 2.14. The molecule has 1 heterocycles. The van der Waals surface area contributed by atoms with Gasteiger partial charge in [0.05, 0.1) is 6.20 Å². The molecule has 1 aromatic heterocycles. The van der Waals surface area contributed by atoms with Gasteiger partial charge in [-0.25, -0.2) is 0 Å². The van der Waals surface area contributed by atoms with Crippen LogP contribution in [0.4, 0.5) is 0 Å². The molecular formula is C16H16N2O. The summed E-state index contributed by atoms with van der Waals surface area (Å²) in [6.07, 6.45) is 3.87. The molecule has 0 aliphatic carbocycles. The second kappa shape index (κ2) is 5.14. The lowest BCUT2D eigenvalue weighted by molar-refractivity contribution is 0.310. The Morgan fingerprint density at radius 2 is 1.95 bits per heavy atom. The van der Waals surface area contributed by atoms with E-state index >= 15 is 0 Å². The van der Waals surface area contributed by atoms with Gasteiger partial charge in [-0.15, -0.1) is 0 Å². The Morgan fingerprint density at radius 3 is 2.79 bits per heavy atom. The Bertz CT molecular complexity index is 683. The normalized spacial score (nSPS) is 10.8. The maximum absolute atomic E-state index is 5.91. The zero-order valence-corrected chi connectivity index (χ0v) is 10.9. The molecule has 3 heteroatoms. The molecule has 3 rings (SSSR count). The summed E-state index contributed by atoms with van der Waals surface area (Å²) in [5.41, 5.74) is 1.09. The minimum atomic E-state index is 0.550. The van der Waals surface area contributed by atoms with Crippen molar-refractivity contribution in [1.82, 2.24) is 9.78 Å². The van der Waals surface area contributed by atoms with Crippen LogP contribution >= 0.6 is 0 Å². The molecule has 0 amide bonds. The lowest BCUT2D eigenvalue weighted by Gasteiger charge is -2.08. The molecule has 0 atom stereocenters. The predicted octanol–water partition coefficient (Wildman–Crippen LogP) is 3.64. The van der Waals surface area contributed by atoms with Crippen LogP contribution in [0.2, 0.25) is 0 Å². The maximum atomic E-state index is 5.91. The zero-order valence-electron chi connectivity index (χ0n) is 10.9. The molecule has 0 spiro atoms. The summed E-state index contributed by atoms with van der Waals surface area (Å²) < 4.78 is 7.81. The number of ether oxygens (including phenoxy) is 1. The van der Waals surface area contributed by atoms with Crippen molar-refractivity contribution in [3.63, 3.8) is 0 Å². The minimum Gasteiger partial charge on any atom is -0.488 e. The molecule has 3 nitrogen and oxygen atoms in total. The van der Waals surface area contributed by atoms with E-state index in [1.807, 2.05) is 41.3 Å². The van der Waals surface area contributed by atoms with Gasteiger partial charge in [-0.1, -0.05) is 36.4 Å². The van der Waals surface area contributed by atoms with E-state index in [0.29, 0.717) is 6.61 Å². The van der Waals surface area contributed by atoms with E-state index in [4.69, 9.17) is 4.74 Å². The summed E-state index contributed by atoms with van der Waals surface area (Å²) in [5, 5.41) is 6.59. The molecule has 0 unspecified atom stereocenters. The molecule has 19 heavy (non-hydrogen) atoms. The van der Waals surface area contributed by atoms with Gasteiger partial charge in [-0.3, -0.25) is 4.68 Å². The second-order valence-electron chi connectivity index (χ2n) is 4.47. The number of nitrogens with zero attached hydrogens (tertiary/aromatic N) is 2. The summed E-state index contributed by atoms with van der Waals surface area (Å²) in [6, 6.07) is 14.4. The van der Waals surface area contributed by atoms with Gasteiger partial charge < -0.3 is 4.74 Å². The van der Waals surface area contributed by atoms with Gasteiger partial charge in [0.2, 0.25) is 0 Å². The highest BCUT2D eigenvalue weighted by molar-refractivity contribution is 5.88. The quantitative estimate of drug-likeness (QED) is 0.709. The number of fused-ring (bicyclic) bond motifs is 1. The summed E-state index contributed by atoms with van der Waals surface area (Å²) in [5.74, 6) is 0.919. The Balaban J connectivity index is 1.81. The summed E-state index contributed by atoms with van der Waals surface area (Å²) >= 11 is 0. The molecule has 96 valence electrons. The molecule has 0 aliphatic heterocycles. The van der Waals surface area contributed by atoms with Crippen LogP contribution in [0.25, 0.3) is 10.8 Å². The van der Waals surface area contributed by atoms with Crippen molar-refractivity contribution in [3.8, 4) is 5.75 Å². The smallest absolute Gasteiger partial charge is 0.127 e. The van der Waals surface area contributed by atoms with Gasteiger partial charge in [-0.05, 0) is 18.4 Å². The predicted molar refractivity (Wildman–Crippen MR) is 76.2 cm³/mol. The number of hydrogen-bond acceptors (Lipinski definition) is 2. The topological polar surface area (TPSA) is 27.1 Å². The number of benzene rings is 2. The van der Waals surface area contributed by atoms with Crippen LogP contribution in [0.5, 0.6) is 5.75 Å². The molecule has 0 N–H and O–H groups in total. The third-order valence-electron chi connectivity index (χ3n) is 3.15. The Kier molecular flexibility index (Phi) is 3.19. The molecule has 0 saturated heterocycles. The first-order valence-electron chi connectivity index (χ1n) is 6.48. The molecular weight excluding hydrogens is 236 g/mol. The second-order valence-corrected chi connectivity index (χ2v) is 4.47. The van der Waals surface area contributed by atoms with Gasteiger partial charge in [0.1, 0.15) is 12.4 Å². The SMILES string of the molecule is CCn1cc(COc2cccc3ccccc23)cn1. The highest BCUT2D eigenvalue weighted by Gasteiger charge is 2.03. The van der Waals surface area contributed by atoms with Gasteiger partial charge in [0, 0.05) is 23.7 Å². The molecule has 3 aromatic rings. The first-order chi connectivity index (χ1) is 9.36. The highest BCUT2D eigenvalue weighted by atomic mass is 16.5. The maximum Gasteiger partial charge on any atom is 0.127 e. The third kappa shape index (κ3) is 2.45. The summed E-state index contributed by atoms with van der Waals surface area (Å²) in [6.45, 7) is 3.50. The van der Waals surface area contributed by atoms with E-state index in [-0.39, 0.29) is 0 Å². The molecule has 0 aliphatic rings. The summed E-state index contributed by atoms with van der Waals surface area (Å²) in [4.78, 5) is 0. The van der Waals surface area contributed by atoms with Crippen molar-refractivity contribution in [2.75, 3.05) is 0 Å². The van der Waals surface area contributed by atoms with E-state index in [1.54, 1.807) is 0 Å². The Labute approximate surface area is 112 Å². The first kappa shape index (κ1) is 11.8. The van der Waals surface area contributed by atoms with Crippen molar-refractivity contribution in [2.24, 2.45) is 0 Å². The number of aromatic nitrogens is 2. The van der Waals surface area contributed by atoms with E-state index in [1.165, 1.54) is 5.39 Å². The summed E-state index contributed by atoms with van der Waals surface area (Å²) in [7, 11) is 0. The van der Waals surface area contributed by atoms with Gasteiger partial charge in [0.25, 0.3) is 0 Å². The van der Waals surface area contributed by atoms with Crippen LogP contribution in [0.3, 0.4) is 0 Å². The van der Waals surface area contributed by atoms with E-state index < -0.39 is 0 Å². The van der Waals surface area contributed by atoms with Crippen molar-refractivity contribution in [2.45, 2.75) is 20.1 Å². The highest BCUT2D eigenvalue weighted by Crippen LogP contribution is 2.25. The monoisotopic (exact) mass is 252 g/mol. The van der Waals surface area contributed by atoms with Crippen LogP contribution in [0.1, 0.15) is 12.5 Å². The molecule has 0 radical (unpaired) electrons. The van der Waals surface area contributed by atoms with Crippen molar-refractivity contribution >= 4 is 10.8 Å². The Hall–Kier alpha value is -2.29. The van der Waals surface area contributed by atoms with Gasteiger partial charge in [0.15, 0.2) is 0 Å². The van der Waals surface area contributed by atoms with Crippen molar-refractivity contribution < 1.29 is 4.74 Å². The standard InChI is InChI=1S/C16H16N2O/c1-2-18-11-13(10-17-18)12-19-16-9-5-7-14-6-3-4-8-15(14)16/h3-11H,2,12H2,1H3. The molecule has 2 aromatic carbocycles. The van der Waals surface area contributed by atoms with E-state index in [9.17, 15) is 0 Å². The Morgan fingerprint density at radius 1 is 1.11 bits per heavy atom.